The van der Waals surface area contributed by atoms with Crippen LogP contribution in [-0.2, 0) is 4.79 Å². The van der Waals surface area contributed by atoms with Crippen molar-refractivity contribution < 1.29 is 9.90 Å². The Morgan fingerprint density at radius 1 is 1.29 bits per heavy atom. The lowest BCUT2D eigenvalue weighted by molar-refractivity contribution is -0.140. The third kappa shape index (κ3) is 2.98. The molecule has 1 saturated heterocycles. The van der Waals surface area contributed by atoms with Crippen molar-refractivity contribution in [3.63, 3.8) is 0 Å². The Morgan fingerprint density at radius 3 is 2.36 bits per heavy atom. The summed E-state index contributed by atoms with van der Waals surface area (Å²) in [6, 6.07) is -0.0205. The smallest absolute Gasteiger partial charge is 0.320 e. The summed E-state index contributed by atoms with van der Waals surface area (Å²) in [7, 11) is 0. The van der Waals surface area contributed by atoms with Crippen molar-refractivity contribution in [2.45, 2.75) is 58.5 Å². The first-order valence-corrected chi connectivity index (χ1v) is 5.40. The van der Waals surface area contributed by atoms with Gasteiger partial charge in [0.15, 0.2) is 0 Å². The monoisotopic (exact) mass is 199 g/mol. The molecule has 14 heavy (non-hydrogen) atoms. The Bertz CT molecular complexity index is 208. The predicted molar refractivity (Wildman–Crippen MR) is 56.3 cm³/mol. The van der Waals surface area contributed by atoms with Crippen LogP contribution >= 0.6 is 0 Å². The molecule has 0 radical (unpaired) electrons. The number of rotatable bonds is 1. The molecule has 1 heterocycles. The van der Waals surface area contributed by atoms with Gasteiger partial charge in [0.05, 0.1) is 0 Å². The van der Waals surface area contributed by atoms with Crippen molar-refractivity contribution in [1.82, 2.24) is 5.32 Å². The van der Waals surface area contributed by atoms with Crippen LogP contribution in [-0.4, -0.2) is 23.2 Å². The van der Waals surface area contributed by atoms with Crippen LogP contribution in [0.2, 0.25) is 0 Å². The number of aliphatic carboxylic acids is 1. The standard InChI is InChI=1S/C11H21NO2/c1-11(2,3)9-7-5-4-6-8(12-9)10(13)14/h8-9,12H,4-7H2,1-3H3,(H,13,14)/t8-,9+/m0/s1. The Labute approximate surface area is 85.9 Å². The van der Waals surface area contributed by atoms with Gasteiger partial charge in [0.2, 0.25) is 0 Å². The highest BCUT2D eigenvalue weighted by atomic mass is 16.4. The largest absolute Gasteiger partial charge is 0.480 e. The van der Waals surface area contributed by atoms with Crippen molar-refractivity contribution in [3.8, 4) is 0 Å². The van der Waals surface area contributed by atoms with Gasteiger partial charge < -0.3 is 10.4 Å². The maximum Gasteiger partial charge on any atom is 0.320 e. The topological polar surface area (TPSA) is 49.3 Å². The average Bonchev–Trinajstić information content (AvgIpc) is 2.26. The molecule has 0 unspecified atom stereocenters. The second-order valence-corrected chi connectivity index (χ2v) is 5.26. The molecule has 2 atom stereocenters. The predicted octanol–water partition coefficient (Wildman–Crippen LogP) is 2.02. The van der Waals surface area contributed by atoms with Crippen LogP contribution in [0.3, 0.4) is 0 Å². The van der Waals surface area contributed by atoms with Crippen LogP contribution in [0, 0.1) is 5.41 Å². The molecule has 0 spiro atoms. The minimum absolute atomic E-state index is 0.151. The highest BCUT2D eigenvalue weighted by molar-refractivity contribution is 5.73. The van der Waals surface area contributed by atoms with Crippen LogP contribution in [0.1, 0.15) is 46.5 Å². The van der Waals surface area contributed by atoms with E-state index in [-0.39, 0.29) is 11.5 Å². The summed E-state index contributed by atoms with van der Waals surface area (Å²) in [4.78, 5) is 10.9. The number of carboxylic acids is 1. The number of nitrogens with one attached hydrogen (secondary N) is 1. The summed E-state index contributed by atoms with van der Waals surface area (Å²) in [5.41, 5.74) is 0.151. The van der Waals surface area contributed by atoms with E-state index in [2.05, 4.69) is 26.1 Å². The van der Waals surface area contributed by atoms with Crippen LogP contribution in [0.15, 0.2) is 0 Å². The Kier molecular flexibility index (Phi) is 3.53. The number of carbonyl (C=O) groups is 1. The minimum atomic E-state index is -0.707. The van der Waals surface area contributed by atoms with E-state index in [1.165, 1.54) is 0 Å². The third-order valence-electron chi connectivity index (χ3n) is 2.98. The van der Waals surface area contributed by atoms with Gasteiger partial charge in [0.1, 0.15) is 6.04 Å². The molecule has 1 aliphatic heterocycles. The second kappa shape index (κ2) is 4.30. The van der Waals surface area contributed by atoms with Gasteiger partial charge in [-0.25, -0.2) is 0 Å². The normalized spacial score (nSPS) is 29.6. The van der Waals surface area contributed by atoms with E-state index in [0.29, 0.717) is 6.04 Å². The van der Waals surface area contributed by atoms with E-state index in [4.69, 9.17) is 5.11 Å². The fourth-order valence-electron chi connectivity index (χ4n) is 1.98. The van der Waals surface area contributed by atoms with Crippen LogP contribution in [0.25, 0.3) is 0 Å². The Morgan fingerprint density at radius 2 is 1.86 bits per heavy atom. The Hall–Kier alpha value is -0.570. The molecule has 0 saturated carbocycles. The van der Waals surface area contributed by atoms with E-state index in [1.54, 1.807) is 0 Å². The quantitative estimate of drug-likeness (QED) is 0.679. The molecule has 1 aliphatic rings. The van der Waals surface area contributed by atoms with Crippen molar-refractivity contribution in [2.24, 2.45) is 5.41 Å². The molecule has 0 aromatic rings. The van der Waals surface area contributed by atoms with Crippen molar-refractivity contribution in [1.29, 1.82) is 0 Å². The van der Waals surface area contributed by atoms with E-state index < -0.39 is 5.97 Å². The van der Waals surface area contributed by atoms with E-state index >= 15 is 0 Å². The molecule has 3 heteroatoms. The molecule has 0 bridgehead atoms. The lowest BCUT2D eigenvalue weighted by Crippen LogP contribution is -2.47. The minimum Gasteiger partial charge on any atom is -0.480 e. The highest BCUT2D eigenvalue weighted by Gasteiger charge is 2.30. The zero-order chi connectivity index (χ0) is 10.8. The lowest BCUT2D eigenvalue weighted by Gasteiger charge is -2.32. The number of hydrogen-bond acceptors (Lipinski definition) is 2. The average molecular weight is 199 g/mol. The van der Waals surface area contributed by atoms with Crippen LogP contribution in [0.5, 0.6) is 0 Å². The second-order valence-electron chi connectivity index (χ2n) is 5.26. The fourth-order valence-corrected chi connectivity index (χ4v) is 1.98. The van der Waals surface area contributed by atoms with Gasteiger partial charge in [0, 0.05) is 6.04 Å². The molecule has 82 valence electrons. The molecular weight excluding hydrogens is 178 g/mol. The van der Waals surface area contributed by atoms with Gasteiger partial charge in [-0.1, -0.05) is 33.6 Å². The first kappa shape index (κ1) is 11.5. The molecule has 3 nitrogen and oxygen atoms in total. The van der Waals surface area contributed by atoms with E-state index in [1.807, 2.05) is 0 Å². The fraction of sp³-hybridized carbons (Fsp3) is 0.909. The van der Waals surface area contributed by atoms with E-state index in [0.717, 1.165) is 25.7 Å². The maximum atomic E-state index is 10.9. The van der Waals surface area contributed by atoms with Gasteiger partial charge in [-0.15, -0.1) is 0 Å². The van der Waals surface area contributed by atoms with Gasteiger partial charge >= 0.3 is 5.97 Å². The summed E-state index contributed by atoms with van der Waals surface area (Å²) in [5, 5.41) is 12.2. The summed E-state index contributed by atoms with van der Waals surface area (Å²) < 4.78 is 0. The van der Waals surface area contributed by atoms with Crippen LogP contribution in [0.4, 0.5) is 0 Å². The zero-order valence-corrected chi connectivity index (χ0v) is 9.34. The Balaban J connectivity index is 2.65. The summed E-state index contributed by atoms with van der Waals surface area (Å²) in [6.45, 7) is 6.48. The molecule has 1 fully saturated rings. The number of carboxylic acid groups (broad SMARTS) is 1. The molecular formula is C11H21NO2. The lowest BCUT2D eigenvalue weighted by atomic mass is 9.84. The molecule has 0 amide bonds. The first-order chi connectivity index (χ1) is 6.41. The van der Waals surface area contributed by atoms with Crippen LogP contribution < -0.4 is 5.32 Å². The summed E-state index contributed by atoms with van der Waals surface area (Å²) in [6.07, 6.45) is 4.02. The van der Waals surface area contributed by atoms with E-state index in [9.17, 15) is 4.79 Å². The molecule has 0 aromatic carbocycles. The van der Waals surface area contributed by atoms with Crippen molar-refractivity contribution in [2.75, 3.05) is 0 Å². The highest BCUT2D eigenvalue weighted by Crippen LogP contribution is 2.26. The van der Waals surface area contributed by atoms with Crippen molar-refractivity contribution >= 4 is 5.97 Å². The molecule has 0 aliphatic carbocycles. The molecule has 1 rings (SSSR count). The zero-order valence-electron chi connectivity index (χ0n) is 9.34. The maximum absolute atomic E-state index is 10.9. The third-order valence-corrected chi connectivity index (χ3v) is 2.98. The summed E-state index contributed by atoms with van der Waals surface area (Å²) in [5.74, 6) is -0.707. The summed E-state index contributed by atoms with van der Waals surface area (Å²) >= 11 is 0. The molecule has 2 N–H and O–H groups in total. The van der Waals surface area contributed by atoms with Gasteiger partial charge in [-0.3, -0.25) is 4.79 Å². The van der Waals surface area contributed by atoms with Gasteiger partial charge in [-0.05, 0) is 18.3 Å². The van der Waals surface area contributed by atoms with Gasteiger partial charge in [0.25, 0.3) is 0 Å². The van der Waals surface area contributed by atoms with Crippen molar-refractivity contribution in [3.05, 3.63) is 0 Å². The first-order valence-electron chi connectivity index (χ1n) is 5.40. The molecule has 0 aromatic heterocycles. The SMILES string of the molecule is CC(C)(C)[C@H]1CCCC[C@@H](C(=O)O)N1. The van der Waals surface area contributed by atoms with Gasteiger partial charge in [-0.2, -0.15) is 0 Å². The number of hydrogen-bond donors (Lipinski definition) is 2.